The first-order valence-corrected chi connectivity index (χ1v) is 11.0. The van der Waals surface area contributed by atoms with Crippen LogP contribution in [0.3, 0.4) is 0 Å². The highest BCUT2D eigenvalue weighted by Gasteiger charge is 2.46. The Labute approximate surface area is 186 Å². The molecular formula is C24H25ClN2O4. The summed E-state index contributed by atoms with van der Waals surface area (Å²) in [6.07, 6.45) is 3.77. The topological polar surface area (TPSA) is 86.7 Å². The minimum absolute atomic E-state index is 0.0392. The number of amides is 2. The van der Waals surface area contributed by atoms with Gasteiger partial charge in [-0.25, -0.2) is 0 Å². The van der Waals surface area contributed by atoms with E-state index >= 15 is 0 Å². The molecule has 0 unspecified atom stereocenters. The summed E-state index contributed by atoms with van der Waals surface area (Å²) in [4.78, 5) is 39.8. The zero-order valence-corrected chi connectivity index (χ0v) is 17.8. The van der Waals surface area contributed by atoms with Crippen molar-refractivity contribution in [1.82, 2.24) is 10.2 Å². The van der Waals surface area contributed by atoms with Gasteiger partial charge in [-0.15, -0.1) is 0 Å². The Bertz CT molecular complexity index is 985. The molecular weight excluding hydrogens is 416 g/mol. The number of aliphatic carboxylic acids is 1. The summed E-state index contributed by atoms with van der Waals surface area (Å²) < 4.78 is 0. The van der Waals surface area contributed by atoms with Gasteiger partial charge in [0.05, 0.1) is 18.4 Å². The van der Waals surface area contributed by atoms with Crippen molar-refractivity contribution in [3.05, 3.63) is 70.2 Å². The molecule has 1 aliphatic heterocycles. The first-order chi connectivity index (χ1) is 15.0. The molecule has 2 N–H and O–H groups in total. The van der Waals surface area contributed by atoms with Gasteiger partial charge in [-0.05, 0) is 42.2 Å². The maximum absolute atomic E-state index is 13.6. The van der Waals surface area contributed by atoms with Crippen LogP contribution in [0.4, 0.5) is 0 Å². The normalized spacial score (nSPS) is 21.1. The first kappa shape index (κ1) is 21.4. The maximum atomic E-state index is 13.6. The van der Waals surface area contributed by atoms with Crippen LogP contribution in [0, 0.1) is 0 Å². The molecule has 0 spiro atoms. The fraction of sp³-hybridized carbons (Fsp3) is 0.375. The molecule has 2 aliphatic rings. The number of carbonyl (C=O) groups excluding carboxylic acids is 2. The van der Waals surface area contributed by atoms with Crippen LogP contribution < -0.4 is 5.32 Å². The van der Waals surface area contributed by atoms with E-state index < -0.39 is 17.9 Å². The van der Waals surface area contributed by atoms with E-state index in [2.05, 4.69) is 5.32 Å². The lowest BCUT2D eigenvalue weighted by Crippen LogP contribution is -2.51. The number of halogens is 1. The highest BCUT2D eigenvalue weighted by atomic mass is 35.5. The van der Waals surface area contributed by atoms with Crippen LogP contribution in [0.2, 0.25) is 5.02 Å². The Kier molecular flexibility index (Phi) is 6.28. The van der Waals surface area contributed by atoms with Gasteiger partial charge >= 0.3 is 5.97 Å². The third-order valence-electron chi connectivity index (χ3n) is 6.23. The molecule has 1 heterocycles. The average Bonchev–Trinajstić information content (AvgIpc) is 3.28. The zero-order chi connectivity index (χ0) is 22.0. The number of hydrogen-bond donors (Lipinski definition) is 2. The second-order valence-electron chi connectivity index (χ2n) is 8.15. The zero-order valence-electron chi connectivity index (χ0n) is 17.1. The number of rotatable bonds is 6. The van der Waals surface area contributed by atoms with Crippen molar-refractivity contribution in [1.29, 1.82) is 0 Å². The summed E-state index contributed by atoms with van der Waals surface area (Å²) >= 11 is 6.11. The SMILES string of the molecule is O=C(O)CCNC(=O)[C@@H]1c2ccccc2C(=O)N(C2CCCC2)[C@H]1c1ccc(Cl)cc1. The van der Waals surface area contributed by atoms with Crippen LogP contribution in [0.15, 0.2) is 48.5 Å². The van der Waals surface area contributed by atoms with E-state index in [1.807, 2.05) is 35.2 Å². The molecule has 2 atom stereocenters. The lowest BCUT2D eigenvalue weighted by Gasteiger charge is -2.45. The van der Waals surface area contributed by atoms with Crippen molar-refractivity contribution in [2.75, 3.05) is 6.54 Å². The predicted molar refractivity (Wildman–Crippen MR) is 117 cm³/mol. The van der Waals surface area contributed by atoms with Crippen LogP contribution in [-0.4, -0.2) is 40.4 Å². The average molecular weight is 441 g/mol. The summed E-state index contributed by atoms with van der Waals surface area (Å²) in [5, 5.41) is 12.3. The van der Waals surface area contributed by atoms with Crippen molar-refractivity contribution in [2.45, 2.75) is 50.1 Å². The van der Waals surface area contributed by atoms with E-state index in [0.29, 0.717) is 16.1 Å². The molecule has 0 saturated heterocycles. The molecule has 162 valence electrons. The molecule has 31 heavy (non-hydrogen) atoms. The van der Waals surface area contributed by atoms with Crippen molar-refractivity contribution in [2.24, 2.45) is 0 Å². The highest BCUT2D eigenvalue weighted by Crippen LogP contribution is 2.46. The second kappa shape index (κ2) is 9.10. The van der Waals surface area contributed by atoms with E-state index in [0.717, 1.165) is 31.2 Å². The van der Waals surface area contributed by atoms with Gasteiger partial charge in [-0.3, -0.25) is 14.4 Å². The van der Waals surface area contributed by atoms with Gasteiger partial charge in [0.1, 0.15) is 0 Å². The van der Waals surface area contributed by atoms with Crippen molar-refractivity contribution in [3.63, 3.8) is 0 Å². The number of nitrogens with one attached hydrogen (secondary N) is 1. The fourth-order valence-corrected chi connectivity index (χ4v) is 4.96. The fourth-order valence-electron chi connectivity index (χ4n) is 4.83. The number of benzene rings is 2. The summed E-state index contributed by atoms with van der Waals surface area (Å²) in [5.41, 5.74) is 2.06. The molecule has 0 radical (unpaired) electrons. The molecule has 2 aromatic carbocycles. The number of carboxylic acid groups (broad SMARTS) is 1. The lowest BCUT2D eigenvalue weighted by molar-refractivity contribution is -0.137. The monoisotopic (exact) mass is 440 g/mol. The van der Waals surface area contributed by atoms with E-state index in [4.69, 9.17) is 16.7 Å². The van der Waals surface area contributed by atoms with E-state index in [1.165, 1.54) is 0 Å². The van der Waals surface area contributed by atoms with Crippen LogP contribution in [-0.2, 0) is 9.59 Å². The van der Waals surface area contributed by atoms with Crippen LogP contribution in [0.5, 0.6) is 0 Å². The third kappa shape index (κ3) is 4.30. The number of carbonyl (C=O) groups is 3. The van der Waals surface area contributed by atoms with Crippen LogP contribution in [0.25, 0.3) is 0 Å². The largest absolute Gasteiger partial charge is 0.481 e. The summed E-state index contributed by atoms with van der Waals surface area (Å²) in [6, 6.07) is 14.1. The van der Waals surface area contributed by atoms with E-state index in [9.17, 15) is 14.4 Å². The quantitative estimate of drug-likeness (QED) is 0.706. The van der Waals surface area contributed by atoms with Crippen molar-refractivity contribution < 1.29 is 19.5 Å². The van der Waals surface area contributed by atoms with Gasteiger partial charge in [-0.1, -0.05) is 54.8 Å². The first-order valence-electron chi connectivity index (χ1n) is 10.6. The van der Waals surface area contributed by atoms with Gasteiger partial charge in [-0.2, -0.15) is 0 Å². The number of fused-ring (bicyclic) bond motifs is 1. The van der Waals surface area contributed by atoms with Gasteiger partial charge in [0.15, 0.2) is 0 Å². The van der Waals surface area contributed by atoms with E-state index in [-0.39, 0.29) is 30.8 Å². The minimum Gasteiger partial charge on any atom is -0.481 e. The Morgan fingerprint density at radius 1 is 1.06 bits per heavy atom. The predicted octanol–water partition coefficient (Wildman–Crippen LogP) is 4.15. The standard InChI is InChI=1S/C24H25ClN2O4/c25-16-11-9-15(10-12-16)22-21(23(30)26-14-13-20(28)29)18-7-3-4-8-19(18)24(31)27(22)17-5-1-2-6-17/h3-4,7-12,17,21-22H,1-2,5-6,13-14H2,(H,26,30)(H,28,29)/t21-,22+/m1/s1. The Morgan fingerprint density at radius 3 is 2.42 bits per heavy atom. The third-order valence-corrected chi connectivity index (χ3v) is 6.48. The minimum atomic E-state index is -0.971. The molecule has 2 amide bonds. The maximum Gasteiger partial charge on any atom is 0.305 e. The van der Waals surface area contributed by atoms with E-state index in [1.54, 1.807) is 18.2 Å². The molecule has 4 rings (SSSR count). The molecule has 1 saturated carbocycles. The highest BCUT2D eigenvalue weighted by molar-refractivity contribution is 6.30. The Hall–Kier alpha value is -2.86. The molecule has 1 fully saturated rings. The number of carboxylic acids is 1. The van der Waals surface area contributed by atoms with Crippen molar-refractivity contribution in [3.8, 4) is 0 Å². The number of hydrogen-bond acceptors (Lipinski definition) is 3. The van der Waals surface area contributed by atoms with Crippen LogP contribution >= 0.6 is 11.6 Å². The summed E-state index contributed by atoms with van der Waals surface area (Å²) in [5.74, 6) is -1.94. The molecule has 0 bridgehead atoms. The molecule has 1 aliphatic carbocycles. The van der Waals surface area contributed by atoms with Gasteiger partial charge in [0, 0.05) is 23.2 Å². The van der Waals surface area contributed by atoms with Gasteiger partial charge < -0.3 is 15.3 Å². The smallest absolute Gasteiger partial charge is 0.305 e. The second-order valence-corrected chi connectivity index (χ2v) is 8.58. The lowest BCUT2D eigenvalue weighted by atomic mass is 9.78. The molecule has 7 heteroatoms. The number of nitrogens with zero attached hydrogens (tertiary/aromatic N) is 1. The molecule has 0 aromatic heterocycles. The van der Waals surface area contributed by atoms with Crippen LogP contribution in [0.1, 0.15) is 65.5 Å². The summed E-state index contributed by atoms with van der Waals surface area (Å²) in [7, 11) is 0. The molecule has 6 nitrogen and oxygen atoms in total. The van der Waals surface area contributed by atoms with Crippen molar-refractivity contribution >= 4 is 29.4 Å². The van der Waals surface area contributed by atoms with Gasteiger partial charge in [0.25, 0.3) is 5.91 Å². The van der Waals surface area contributed by atoms with Gasteiger partial charge in [0.2, 0.25) is 5.91 Å². The Morgan fingerprint density at radius 2 is 1.74 bits per heavy atom. The molecule has 2 aromatic rings. The summed E-state index contributed by atoms with van der Waals surface area (Å²) in [6.45, 7) is 0.0392. The Balaban J connectivity index is 1.81.